The zero-order valence-corrected chi connectivity index (χ0v) is 15.3. The molecule has 4 heterocycles. The molecular formula is C22H20BN3O. The maximum absolute atomic E-state index is 8.62. The van der Waals surface area contributed by atoms with E-state index in [0.717, 1.165) is 10.7 Å². The Hall–Kier alpha value is -2.82. The minimum absolute atomic E-state index is 0.0697. The predicted molar refractivity (Wildman–Crippen MR) is 110 cm³/mol. The number of furan rings is 1. The molecule has 0 amide bonds. The first kappa shape index (κ1) is 11.8. The van der Waals surface area contributed by atoms with E-state index >= 15 is 0 Å². The Labute approximate surface area is 165 Å². The molecular weight excluding hydrogens is 333 g/mol. The average Bonchev–Trinajstić information content (AvgIpc) is 3.11. The van der Waals surface area contributed by atoms with Crippen molar-refractivity contribution in [3.05, 3.63) is 47.8 Å². The molecule has 0 radical (unpaired) electrons. The summed E-state index contributed by atoms with van der Waals surface area (Å²) in [5, 5.41) is 2.33. The molecule has 1 aromatic carbocycles. The van der Waals surface area contributed by atoms with Gasteiger partial charge in [-0.1, -0.05) is 0 Å². The third-order valence-corrected chi connectivity index (χ3v) is 4.50. The average molecular weight is 358 g/mol. The number of hydrogen-bond acceptors (Lipinski definition) is 4. The van der Waals surface area contributed by atoms with Crippen molar-refractivity contribution in [1.29, 1.82) is 0 Å². The predicted octanol–water partition coefficient (Wildman–Crippen LogP) is 5.26. The molecule has 0 saturated heterocycles. The number of aryl methyl sites for hydroxylation is 1. The number of aromatic nitrogens is 3. The van der Waals surface area contributed by atoms with Crippen molar-refractivity contribution in [2.45, 2.75) is 34.0 Å². The molecule has 0 aliphatic carbocycles. The Kier molecular flexibility index (Phi) is 2.44. The molecule has 5 rings (SSSR count). The Morgan fingerprint density at radius 3 is 2.89 bits per heavy atom. The van der Waals surface area contributed by atoms with Crippen LogP contribution in [0.4, 0.5) is 0 Å². The molecule has 4 aromatic heterocycles. The van der Waals surface area contributed by atoms with Crippen molar-refractivity contribution >= 4 is 39.9 Å². The molecule has 0 bridgehead atoms. The van der Waals surface area contributed by atoms with Crippen LogP contribution in [0.2, 0.25) is 0 Å². The standard InChI is InChI=1S/C22H20BN3O/c1-12-9-17-19-18-15(23-26-17)6-5-14(20(18)27-21(19)25-12)16-10-13(7-8-24-16)11-22(2,3)4/h5-10H,11H2,1-4H3/i1D3,11D2. The quantitative estimate of drug-likeness (QED) is 0.404. The number of nitrogens with zero attached hydrogens (tertiary/aromatic N) is 3. The summed E-state index contributed by atoms with van der Waals surface area (Å²) < 4.78 is 46.5. The van der Waals surface area contributed by atoms with Crippen molar-refractivity contribution in [1.82, 2.24) is 14.9 Å². The fourth-order valence-corrected chi connectivity index (χ4v) is 3.51. The normalized spacial score (nSPS) is 16.2. The first-order valence-corrected chi connectivity index (χ1v) is 8.80. The van der Waals surface area contributed by atoms with Gasteiger partial charge in [0.25, 0.3) is 0 Å². The molecule has 0 aliphatic heterocycles. The van der Waals surface area contributed by atoms with E-state index in [-0.39, 0.29) is 11.4 Å². The number of benzene rings is 1. The Morgan fingerprint density at radius 1 is 1.19 bits per heavy atom. The van der Waals surface area contributed by atoms with E-state index < -0.39 is 18.6 Å². The zero-order chi connectivity index (χ0) is 23.1. The van der Waals surface area contributed by atoms with E-state index in [1.54, 1.807) is 25.4 Å². The molecule has 5 aromatic rings. The Balaban J connectivity index is 1.78. The van der Waals surface area contributed by atoms with Crippen LogP contribution < -0.4 is 0 Å². The minimum atomic E-state index is -2.38. The molecule has 132 valence electrons. The van der Waals surface area contributed by atoms with Gasteiger partial charge in [0, 0.05) is 0 Å². The van der Waals surface area contributed by atoms with Gasteiger partial charge in [0.1, 0.15) is 0 Å². The molecule has 0 N–H and O–H groups in total. The SMILES string of the molecule is [2H]C([2H])([2H])c1cc2nbc3ccc(-c4cc(C([2H])([2H])C(C)(C)C)ccn4)c4oc(n1)c2c34. The van der Waals surface area contributed by atoms with Gasteiger partial charge in [-0.25, -0.2) is 0 Å². The molecule has 27 heavy (non-hydrogen) atoms. The molecule has 0 atom stereocenters. The van der Waals surface area contributed by atoms with E-state index in [4.69, 9.17) is 11.3 Å². The van der Waals surface area contributed by atoms with Gasteiger partial charge in [-0.05, 0) is 0 Å². The van der Waals surface area contributed by atoms with Gasteiger partial charge in [-0.15, -0.1) is 0 Å². The van der Waals surface area contributed by atoms with Gasteiger partial charge < -0.3 is 0 Å². The van der Waals surface area contributed by atoms with Crippen molar-refractivity contribution < 1.29 is 11.3 Å². The van der Waals surface area contributed by atoms with E-state index in [9.17, 15) is 0 Å². The van der Waals surface area contributed by atoms with Crippen molar-refractivity contribution in [3.63, 3.8) is 0 Å². The number of pyridine rings is 2. The van der Waals surface area contributed by atoms with Crippen molar-refractivity contribution in [3.8, 4) is 11.3 Å². The molecule has 0 fully saturated rings. The second-order valence-corrected chi connectivity index (χ2v) is 7.78. The molecule has 5 heteroatoms. The Bertz CT molecular complexity index is 1490. The van der Waals surface area contributed by atoms with Crippen LogP contribution in [0.3, 0.4) is 0 Å². The van der Waals surface area contributed by atoms with Gasteiger partial charge >= 0.3 is 165 Å². The zero-order valence-electron chi connectivity index (χ0n) is 20.3. The van der Waals surface area contributed by atoms with E-state index in [2.05, 4.69) is 14.9 Å². The van der Waals surface area contributed by atoms with Gasteiger partial charge in [0.15, 0.2) is 0 Å². The van der Waals surface area contributed by atoms with Gasteiger partial charge in [0.2, 0.25) is 0 Å². The fourth-order valence-electron chi connectivity index (χ4n) is 3.51. The third-order valence-electron chi connectivity index (χ3n) is 4.50. The van der Waals surface area contributed by atoms with Crippen molar-refractivity contribution in [2.75, 3.05) is 0 Å². The van der Waals surface area contributed by atoms with Gasteiger partial charge in [0.05, 0.1) is 0 Å². The van der Waals surface area contributed by atoms with Crippen LogP contribution in [-0.2, 0) is 6.37 Å². The number of hydrogen-bond donors (Lipinski definition) is 0. The fraction of sp³-hybridized carbons (Fsp3) is 0.273. The second-order valence-electron chi connectivity index (χ2n) is 7.78. The topological polar surface area (TPSA) is 51.8 Å². The Morgan fingerprint density at radius 2 is 2.07 bits per heavy atom. The molecule has 0 saturated carbocycles. The van der Waals surface area contributed by atoms with Crippen LogP contribution in [0.5, 0.6) is 0 Å². The molecule has 4 nitrogen and oxygen atoms in total. The monoisotopic (exact) mass is 358 g/mol. The number of rotatable bonds is 2. The van der Waals surface area contributed by atoms with E-state index in [1.165, 1.54) is 6.07 Å². The molecule has 0 aliphatic rings. The summed E-state index contributed by atoms with van der Waals surface area (Å²) in [5.41, 5.74) is 2.37. The summed E-state index contributed by atoms with van der Waals surface area (Å²) >= 11 is 0. The maximum atomic E-state index is 8.62. The summed E-state index contributed by atoms with van der Waals surface area (Å²) in [6.07, 6.45) is 0.0272. The molecule has 0 unspecified atom stereocenters. The summed E-state index contributed by atoms with van der Waals surface area (Å²) in [6, 6.07) is 8.68. The second kappa shape index (κ2) is 5.59. The van der Waals surface area contributed by atoms with Crippen LogP contribution in [0.25, 0.3) is 44.1 Å². The summed E-state index contributed by atoms with van der Waals surface area (Å²) in [5.74, 6) is 0. The summed E-state index contributed by atoms with van der Waals surface area (Å²) in [4.78, 5) is 13.2. The van der Waals surface area contributed by atoms with Gasteiger partial charge in [-0.2, -0.15) is 0 Å². The van der Waals surface area contributed by atoms with Crippen LogP contribution in [-0.4, -0.2) is 21.9 Å². The van der Waals surface area contributed by atoms with Crippen LogP contribution in [0.15, 0.2) is 40.9 Å². The van der Waals surface area contributed by atoms with Gasteiger partial charge in [-0.3, -0.25) is 0 Å². The van der Waals surface area contributed by atoms with Crippen LogP contribution >= 0.6 is 0 Å². The summed E-state index contributed by atoms with van der Waals surface area (Å²) in [6.45, 7) is 3.21. The first-order valence-electron chi connectivity index (χ1n) is 11.3. The van der Waals surface area contributed by atoms with Crippen molar-refractivity contribution in [2.24, 2.45) is 5.41 Å². The van der Waals surface area contributed by atoms with E-state index in [1.807, 2.05) is 32.9 Å². The van der Waals surface area contributed by atoms with E-state index in [0.29, 0.717) is 33.3 Å². The van der Waals surface area contributed by atoms with Crippen LogP contribution in [0.1, 0.15) is 38.9 Å². The first-order chi connectivity index (χ1) is 14.9. The third kappa shape index (κ3) is 2.69. The van der Waals surface area contributed by atoms with Crippen LogP contribution in [0, 0.1) is 12.3 Å². The molecule has 0 spiro atoms. The summed E-state index contributed by atoms with van der Waals surface area (Å²) in [7, 11) is 1.69.